The van der Waals surface area contributed by atoms with Crippen LogP contribution in [0.5, 0.6) is 0 Å². The summed E-state index contributed by atoms with van der Waals surface area (Å²) < 4.78 is 7.74. The Labute approximate surface area is 124 Å². The highest BCUT2D eigenvalue weighted by molar-refractivity contribution is 9.10. The molecule has 0 amide bonds. The molecular formula is C12H15BrClN3O2. The van der Waals surface area contributed by atoms with E-state index in [4.69, 9.17) is 16.0 Å². The molecule has 0 bridgehead atoms. The molecule has 0 aliphatic heterocycles. The second-order valence-electron chi connectivity index (χ2n) is 4.45. The van der Waals surface area contributed by atoms with Gasteiger partial charge in [0.2, 0.25) is 0 Å². The molecule has 0 fully saturated rings. The Morgan fingerprint density at radius 3 is 2.84 bits per heavy atom. The van der Waals surface area contributed by atoms with Crippen molar-refractivity contribution >= 4 is 27.5 Å². The molecule has 104 valence electrons. The number of aliphatic hydroxyl groups is 1. The van der Waals surface area contributed by atoms with Crippen molar-refractivity contribution in [1.82, 2.24) is 14.7 Å². The first-order chi connectivity index (χ1) is 8.99. The van der Waals surface area contributed by atoms with Gasteiger partial charge in [-0.3, -0.25) is 4.68 Å². The zero-order valence-corrected chi connectivity index (χ0v) is 13.0. The second-order valence-corrected chi connectivity index (χ2v) is 5.68. The van der Waals surface area contributed by atoms with Gasteiger partial charge in [-0.05, 0) is 53.8 Å². The summed E-state index contributed by atoms with van der Waals surface area (Å²) in [6, 6.07) is 3.26. The molecule has 0 saturated carbocycles. The smallest absolute Gasteiger partial charge is 0.193 e. The minimum atomic E-state index is -0.897. The van der Waals surface area contributed by atoms with Crippen LogP contribution in [0.25, 0.3) is 0 Å². The topological polar surface area (TPSA) is 54.4 Å². The minimum Gasteiger partial charge on any atom is -0.447 e. The van der Waals surface area contributed by atoms with Crippen LogP contribution in [0.1, 0.15) is 17.6 Å². The van der Waals surface area contributed by atoms with E-state index in [2.05, 4.69) is 25.9 Å². The molecule has 0 aromatic carbocycles. The summed E-state index contributed by atoms with van der Waals surface area (Å²) >= 11 is 9.13. The molecule has 0 saturated heterocycles. The van der Waals surface area contributed by atoms with E-state index in [1.165, 1.54) is 0 Å². The summed E-state index contributed by atoms with van der Waals surface area (Å²) in [6.45, 7) is 1.51. The van der Waals surface area contributed by atoms with E-state index >= 15 is 0 Å². The van der Waals surface area contributed by atoms with E-state index in [9.17, 15) is 5.11 Å². The molecule has 1 N–H and O–H groups in total. The van der Waals surface area contributed by atoms with Crippen molar-refractivity contribution in [2.45, 2.75) is 12.6 Å². The first-order valence-electron chi connectivity index (χ1n) is 5.78. The highest BCUT2D eigenvalue weighted by atomic mass is 79.9. The lowest BCUT2D eigenvalue weighted by Gasteiger charge is -2.14. The molecule has 2 aromatic rings. The molecule has 2 heterocycles. The predicted molar refractivity (Wildman–Crippen MR) is 76.3 cm³/mol. The van der Waals surface area contributed by atoms with Gasteiger partial charge in [0.05, 0.1) is 22.9 Å². The van der Waals surface area contributed by atoms with Crippen LogP contribution in [0.15, 0.2) is 27.2 Å². The molecule has 7 heteroatoms. The molecule has 19 heavy (non-hydrogen) atoms. The Morgan fingerprint density at radius 2 is 2.26 bits per heavy atom. The van der Waals surface area contributed by atoms with Gasteiger partial charge in [-0.15, -0.1) is 0 Å². The molecule has 1 atom stereocenters. The number of nitrogens with zero attached hydrogens (tertiary/aromatic N) is 3. The molecule has 2 aromatic heterocycles. The van der Waals surface area contributed by atoms with Crippen molar-refractivity contribution in [3.8, 4) is 0 Å². The van der Waals surface area contributed by atoms with E-state index in [1.807, 2.05) is 14.1 Å². The third-order valence-electron chi connectivity index (χ3n) is 2.71. The fourth-order valence-corrected chi connectivity index (χ4v) is 2.39. The SMILES string of the molecule is CN(C)CCn1ncc(Br)c1C(O)c1ccc(Cl)o1. The number of aromatic nitrogens is 2. The Bertz CT molecular complexity index is 553. The monoisotopic (exact) mass is 347 g/mol. The number of aliphatic hydroxyl groups excluding tert-OH is 1. The number of hydrogen-bond acceptors (Lipinski definition) is 4. The average molecular weight is 349 g/mol. The molecular weight excluding hydrogens is 334 g/mol. The summed E-state index contributed by atoms with van der Waals surface area (Å²) in [5.74, 6) is 0.400. The van der Waals surface area contributed by atoms with Crippen molar-refractivity contribution < 1.29 is 9.52 Å². The maximum atomic E-state index is 10.4. The molecule has 1 unspecified atom stereocenters. The van der Waals surface area contributed by atoms with Gasteiger partial charge in [0.1, 0.15) is 5.76 Å². The maximum Gasteiger partial charge on any atom is 0.193 e. The summed E-state index contributed by atoms with van der Waals surface area (Å²) in [5.41, 5.74) is 0.660. The quantitative estimate of drug-likeness (QED) is 0.902. The summed E-state index contributed by atoms with van der Waals surface area (Å²) in [7, 11) is 3.97. The van der Waals surface area contributed by atoms with Crippen molar-refractivity contribution in [3.05, 3.63) is 39.5 Å². The molecule has 0 aliphatic carbocycles. The van der Waals surface area contributed by atoms with E-state index < -0.39 is 6.10 Å². The van der Waals surface area contributed by atoms with Gasteiger partial charge in [-0.25, -0.2) is 0 Å². The molecule has 5 nitrogen and oxygen atoms in total. The number of hydrogen-bond donors (Lipinski definition) is 1. The van der Waals surface area contributed by atoms with Crippen molar-refractivity contribution in [2.24, 2.45) is 0 Å². The highest BCUT2D eigenvalue weighted by Crippen LogP contribution is 2.30. The third-order valence-corrected chi connectivity index (χ3v) is 3.53. The summed E-state index contributed by atoms with van der Waals surface area (Å²) in [6.07, 6.45) is 0.769. The highest BCUT2D eigenvalue weighted by Gasteiger charge is 2.22. The normalized spacial score (nSPS) is 13.2. The van der Waals surface area contributed by atoms with Crippen LogP contribution in [-0.2, 0) is 6.54 Å². The van der Waals surface area contributed by atoms with Crippen LogP contribution in [0.3, 0.4) is 0 Å². The van der Waals surface area contributed by atoms with Gasteiger partial charge in [0, 0.05) is 6.54 Å². The van der Waals surface area contributed by atoms with Crippen LogP contribution in [0.2, 0.25) is 5.22 Å². The number of likely N-dealkylation sites (N-methyl/N-ethyl adjacent to an activating group) is 1. The van der Waals surface area contributed by atoms with Crippen molar-refractivity contribution in [2.75, 3.05) is 20.6 Å². The van der Waals surface area contributed by atoms with Gasteiger partial charge in [0.25, 0.3) is 0 Å². The minimum absolute atomic E-state index is 0.254. The average Bonchev–Trinajstić information content (AvgIpc) is 2.92. The predicted octanol–water partition coefficient (Wildman–Crippen LogP) is 2.54. The van der Waals surface area contributed by atoms with Crippen LogP contribution in [0.4, 0.5) is 0 Å². The Hall–Kier alpha value is -0.820. The van der Waals surface area contributed by atoms with Gasteiger partial charge >= 0.3 is 0 Å². The van der Waals surface area contributed by atoms with Gasteiger partial charge < -0.3 is 14.4 Å². The van der Waals surface area contributed by atoms with Crippen molar-refractivity contribution in [1.29, 1.82) is 0 Å². The largest absolute Gasteiger partial charge is 0.447 e. The van der Waals surface area contributed by atoms with Crippen LogP contribution in [-0.4, -0.2) is 40.4 Å². The van der Waals surface area contributed by atoms with E-state index in [-0.39, 0.29) is 5.22 Å². The Balaban J connectivity index is 2.25. The van der Waals surface area contributed by atoms with Crippen LogP contribution >= 0.6 is 27.5 Å². The standard InChI is InChI=1S/C12H15BrClN3O2/c1-16(2)5-6-17-11(8(13)7-15-17)12(18)9-3-4-10(14)19-9/h3-4,7,12,18H,5-6H2,1-2H3. The lowest BCUT2D eigenvalue weighted by atomic mass is 10.2. The number of halogens is 2. The van der Waals surface area contributed by atoms with Crippen LogP contribution in [0, 0.1) is 0 Å². The van der Waals surface area contributed by atoms with Gasteiger partial charge in [-0.2, -0.15) is 5.10 Å². The lowest BCUT2D eigenvalue weighted by Crippen LogP contribution is -2.21. The van der Waals surface area contributed by atoms with E-state index in [0.717, 1.165) is 11.0 Å². The zero-order chi connectivity index (χ0) is 14.0. The molecule has 2 rings (SSSR count). The molecule has 0 spiro atoms. The fraction of sp³-hybridized carbons (Fsp3) is 0.417. The van der Waals surface area contributed by atoms with Crippen LogP contribution < -0.4 is 0 Å². The second kappa shape index (κ2) is 6.09. The summed E-state index contributed by atoms with van der Waals surface area (Å²) in [4.78, 5) is 2.05. The van der Waals surface area contributed by atoms with Gasteiger partial charge in [0.15, 0.2) is 11.3 Å². The van der Waals surface area contributed by atoms with Crippen molar-refractivity contribution in [3.63, 3.8) is 0 Å². The maximum absolute atomic E-state index is 10.4. The van der Waals surface area contributed by atoms with Gasteiger partial charge in [-0.1, -0.05) is 0 Å². The summed E-state index contributed by atoms with van der Waals surface area (Å²) in [5, 5.41) is 14.9. The molecule has 0 radical (unpaired) electrons. The number of rotatable bonds is 5. The third kappa shape index (κ3) is 3.39. The van der Waals surface area contributed by atoms with E-state index in [0.29, 0.717) is 18.0 Å². The molecule has 0 aliphatic rings. The Kier molecular flexibility index (Phi) is 4.67. The zero-order valence-electron chi connectivity index (χ0n) is 10.7. The number of furan rings is 1. The Morgan fingerprint density at radius 1 is 1.53 bits per heavy atom. The first kappa shape index (κ1) is 14.6. The lowest BCUT2D eigenvalue weighted by molar-refractivity contribution is 0.176. The first-order valence-corrected chi connectivity index (χ1v) is 6.95. The fourth-order valence-electron chi connectivity index (χ4n) is 1.73. The van der Waals surface area contributed by atoms with E-state index in [1.54, 1.807) is 23.0 Å².